The first kappa shape index (κ1) is 51.6. The maximum absolute atomic E-state index is 6.28. The number of fused-ring (bicyclic) bond motifs is 1. The van der Waals surface area contributed by atoms with Gasteiger partial charge in [-0.2, -0.15) is 0 Å². The van der Waals surface area contributed by atoms with Crippen LogP contribution in [-0.4, -0.2) is 26.8 Å². The predicted molar refractivity (Wildman–Crippen MR) is 257 cm³/mol. The van der Waals surface area contributed by atoms with Crippen molar-refractivity contribution in [3.63, 3.8) is 0 Å². The van der Waals surface area contributed by atoms with E-state index in [1.54, 1.807) is 0 Å². The summed E-state index contributed by atoms with van der Waals surface area (Å²) in [6.07, 6.45) is 31.2. The van der Waals surface area contributed by atoms with Gasteiger partial charge < -0.3 is 18.9 Å². The van der Waals surface area contributed by atoms with E-state index >= 15 is 0 Å². The van der Waals surface area contributed by atoms with Crippen LogP contribution in [0.3, 0.4) is 0 Å². The third-order valence-corrected chi connectivity index (χ3v) is 11.2. The Morgan fingerprint density at radius 2 is 1.15 bits per heavy atom. The van der Waals surface area contributed by atoms with E-state index < -0.39 is 0 Å². The number of hydrogen-bond donors (Lipinski definition) is 0. The van der Waals surface area contributed by atoms with Crippen molar-refractivity contribution in [1.82, 2.24) is 0 Å². The van der Waals surface area contributed by atoms with E-state index in [4.69, 9.17) is 18.9 Å². The van der Waals surface area contributed by atoms with Gasteiger partial charge in [-0.15, -0.1) is 5.73 Å². The largest absolute Gasteiger partial charge is 0.467 e. The zero-order valence-corrected chi connectivity index (χ0v) is 39.7. The Balaban J connectivity index is 1.80. The summed E-state index contributed by atoms with van der Waals surface area (Å²) >= 11 is 0. The number of ether oxygens (including phenoxy) is 4. The lowest BCUT2D eigenvalue weighted by Gasteiger charge is -2.20. The molecule has 0 aliphatic carbocycles. The van der Waals surface area contributed by atoms with Gasteiger partial charge in [0.1, 0.15) is 11.5 Å². The van der Waals surface area contributed by atoms with Gasteiger partial charge in [0.2, 0.25) is 0 Å². The molecule has 0 N–H and O–H groups in total. The molecule has 2 aromatic rings. The molecule has 0 amide bonds. The highest BCUT2D eigenvalue weighted by molar-refractivity contribution is 5.96. The second kappa shape index (κ2) is 30.5. The van der Waals surface area contributed by atoms with Crippen LogP contribution in [-0.2, 0) is 15.9 Å². The first-order chi connectivity index (χ1) is 28.4. The average Bonchev–Trinajstić information content (AvgIpc) is 3.19. The minimum atomic E-state index is 0.222. The zero-order chi connectivity index (χ0) is 43.4. The molecule has 0 heterocycles. The normalized spacial score (nSPS) is 14.2. The lowest BCUT2D eigenvalue weighted by Crippen LogP contribution is -2.09. The van der Waals surface area contributed by atoms with E-state index in [1.807, 2.05) is 26.0 Å². The van der Waals surface area contributed by atoms with Crippen molar-refractivity contribution < 1.29 is 18.9 Å². The number of rotatable bonds is 30. The lowest BCUT2D eigenvalue weighted by atomic mass is 9.90. The number of benzene rings is 2. The standard InChI is InChI=1S/C55H84O4/c1-13-56-40-58-54-50(12)51(55(59-41-57-14-2)53-34-18-17-33-52(53)54)38-37-47(9)32-22-31-46(8)35-36-49(11)39-48(10)25-16-15-24-43(5)27-20-29-45(7)30-21-28-44(6)26-19-23-42(3)4/h16-18,23-24,28-29,31,33-34,37,43,48-49H,13-14,19-22,25-27,30,32,35-36,38-41H2,1-12H3/b44-28+,45-29+,46-31+,47-37+. The van der Waals surface area contributed by atoms with Gasteiger partial charge in [-0.3, -0.25) is 0 Å². The highest BCUT2D eigenvalue weighted by Gasteiger charge is 2.19. The Bertz CT molecular complexity index is 1720. The summed E-state index contributed by atoms with van der Waals surface area (Å²) in [5.74, 6) is 3.69. The maximum atomic E-state index is 6.28. The molecular formula is C55H84O4. The zero-order valence-electron chi connectivity index (χ0n) is 39.7. The minimum absolute atomic E-state index is 0.222. The molecule has 4 nitrogen and oxygen atoms in total. The summed E-state index contributed by atoms with van der Waals surface area (Å²) in [5.41, 5.74) is 13.1. The lowest BCUT2D eigenvalue weighted by molar-refractivity contribution is 0.0207. The third-order valence-electron chi connectivity index (χ3n) is 11.2. The molecule has 0 aromatic heterocycles. The molecule has 0 aliphatic heterocycles. The van der Waals surface area contributed by atoms with Crippen molar-refractivity contribution in [2.45, 2.75) is 167 Å². The molecule has 59 heavy (non-hydrogen) atoms. The second-order valence-corrected chi connectivity index (χ2v) is 17.4. The first-order valence-electron chi connectivity index (χ1n) is 23.0. The molecule has 0 radical (unpaired) electrons. The predicted octanol–water partition coefficient (Wildman–Crippen LogP) is 16.5. The van der Waals surface area contributed by atoms with Gasteiger partial charge in [-0.1, -0.05) is 103 Å². The molecule has 0 saturated carbocycles. The molecule has 0 spiro atoms. The van der Waals surface area contributed by atoms with Crippen LogP contribution in [0, 0.1) is 24.7 Å². The minimum Gasteiger partial charge on any atom is -0.467 e. The monoisotopic (exact) mass is 809 g/mol. The number of allylic oxidation sites excluding steroid dienone is 11. The molecule has 2 aromatic carbocycles. The molecular weight excluding hydrogens is 725 g/mol. The summed E-state index contributed by atoms with van der Waals surface area (Å²) in [7, 11) is 0. The molecule has 4 heteroatoms. The topological polar surface area (TPSA) is 36.9 Å². The molecule has 0 aliphatic rings. The molecule has 328 valence electrons. The maximum Gasteiger partial charge on any atom is 0.189 e. The van der Waals surface area contributed by atoms with Gasteiger partial charge in [0, 0.05) is 29.5 Å². The fourth-order valence-electron chi connectivity index (χ4n) is 7.43. The smallest absolute Gasteiger partial charge is 0.189 e. The van der Waals surface area contributed by atoms with E-state index in [-0.39, 0.29) is 13.6 Å². The Labute approximate surface area is 362 Å². The van der Waals surface area contributed by atoms with E-state index in [0.29, 0.717) is 25.0 Å². The quantitative estimate of drug-likeness (QED) is 0.0341. The Kier molecular flexibility index (Phi) is 26.6. The molecule has 3 atom stereocenters. The van der Waals surface area contributed by atoms with Crippen molar-refractivity contribution in [1.29, 1.82) is 0 Å². The van der Waals surface area contributed by atoms with Crippen LogP contribution in [0.4, 0.5) is 0 Å². The average molecular weight is 809 g/mol. The Hall–Kier alpha value is -3.56. The van der Waals surface area contributed by atoms with E-state index in [1.165, 1.54) is 66.4 Å². The molecule has 0 bridgehead atoms. The Morgan fingerprint density at radius 3 is 1.75 bits per heavy atom. The summed E-state index contributed by atoms with van der Waals surface area (Å²) in [6, 6.07) is 8.28. The van der Waals surface area contributed by atoms with E-state index in [0.717, 1.165) is 84.3 Å². The van der Waals surface area contributed by atoms with Crippen LogP contribution in [0.5, 0.6) is 11.5 Å². The van der Waals surface area contributed by atoms with Crippen molar-refractivity contribution >= 4 is 10.8 Å². The van der Waals surface area contributed by atoms with Crippen LogP contribution in [0.1, 0.15) is 164 Å². The van der Waals surface area contributed by atoms with Gasteiger partial charge >= 0.3 is 0 Å². The summed E-state index contributed by atoms with van der Waals surface area (Å²) < 4.78 is 23.6. The highest BCUT2D eigenvalue weighted by atomic mass is 16.7. The Morgan fingerprint density at radius 1 is 0.627 bits per heavy atom. The summed E-state index contributed by atoms with van der Waals surface area (Å²) in [5, 5.41) is 2.06. The van der Waals surface area contributed by atoms with Gasteiger partial charge in [0.15, 0.2) is 13.6 Å². The van der Waals surface area contributed by atoms with Crippen molar-refractivity contribution in [3.8, 4) is 11.5 Å². The fourth-order valence-corrected chi connectivity index (χ4v) is 7.43. The van der Waals surface area contributed by atoms with Crippen molar-refractivity contribution in [2.75, 3.05) is 26.8 Å². The fraction of sp³-hybridized carbons (Fsp3) is 0.582. The SMILES string of the molecule is CCOCOc1c(C)c(C/C=C(\C)CC/C=C(\C)CCC(C)CC(C)CC=C=CC(C)CC/C=C(\C)CC/C=C(\C)CCC=C(C)C)c(OCOCC)c2ccccc12. The summed E-state index contributed by atoms with van der Waals surface area (Å²) in [4.78, 5) is 0. The van der Waals surface area contributed by atoms with Crippen LogP contribution in [0.15, 0.2) is 100 Å². The van der Waals surface area contributed by atoms with Crippen molar-refractivity contribution in [2.24, 2.45) is 17.8 Å². The second-order valence-electron chi connectivity index (χ2n) is 17.4. The first-order valence-corrected chi connectivity index (χ1v) is 23.0. The molecule has 0 saturated heterocycles. The molecule has 2 rings (SSSR count). The van der Waals surface area contributed by atoms with Crippen molar-refractivity contribution in [3.05, 3.63) is 112 Å². The van der Waals surface area contributed by atoms with Crippen LogP contribution >= 0.6 is 0 Å². The van der Waals surface area contributed by atoms with Crippen LogP contribution in [0.25, 0.3) is 10.8 Å². The van der Waals surface area contributed by atoms with Gasteiger partial charge in [0.25, 0.3) is 0 Å². The molecule has 3 unspecified atom stereocenters. The molecule has 0 fully saturated rings. The van der Waals surface area contributed by atoms with Gasteiger partial charge in [-0.25, -0.2) is 0 Å². The van der Waals surface area contributed by atoms with Gasteiger partial charge in [-0.05, 0) is 181 Å². The summed E-state index contributed by atoms with van der Waals surface area (Å²) in [6.45, 7) is 28.4. The highest BCUT2D eigenvalue weighted by Crippen LogP contribution is 2.41. The van der Waals surface area contributed by atoms with E-state index in [9.17, 15) is 0 Å². The van der Waals surface area contributed by atoms with Crippen LogP contribution in [0.2, 0.25) is 0 Å². The number of hydrogen-bond acceptors (Lipinski definition) is 4. The third kappa shape index (κ3) is 22.0. The van der Waals surface area contributed by atoms with Gasteiger partial charge in [0.05, 0.1) is 0 Å². The van der Waals surface area contributed by atoms with Crippen LogP contribution < -0.4 is 9.47 Å². The van der Waals surface area contributed by atoms with E-state index in [2.05, 4.69) is 130 Å².